The summed E-state index contributed by atoms with van der Waals surface area (Å²) >= 11 is 1.57. The maximum atomic E-state index is 10.2. The van der Waals surface area contributed by atoms with Crippen molar-refractivity contribution >= 4 is 23.0 Å². The van der Waals surface area contributed by atoms with Crippen molar-refractivity contribution in [3.05, 3.63) is 22.4 Å². The van der Waals surface area contributed by atoms with E-state index in [0.717, 1.165) is 42.7 Å². The summed E-state index contributed by atoms with van der Waals surface area (Å²) in [5.74, 6) is -0.970. The Bertz CT molecular complexity index is 374. The average Bonchev–Trinajstić information content (AvgIpc) is 2.86. The smallest absolute Gasteiger partial charge is 0.0967 e. The van der Waals surface area contributed by atoms with E-state index in [9.17, 15) is 9.90 Å². The van der Waals surface area contributed by atoms with Gasteiger partial charge in [0, 0.05) is 5.97 Å². The molecule has 4 nitrogen and oxygen atoms in total. The molecule has 0 aliphatic carbocycles. The molecule has 0 unspecified atom stereocenters. The number of oxime groups is 1. The molecule has 18 heavy (non-hydrogen) atoms. The van der Waals surface area contributed by atoms with E-state index < -0.39 is 5.97 Å². The number of nitrogens with zero attached hydrogens (tertiary/aromatic N) is 1. The van der Waals surface area contributed by atoms with Crippen molar-refractivity contribution < 1.29 is 15.1 Å². The van der Waals surface area contributed by atoms with Crippen LogP contribution in [0.5, 0.6) is 0 Å². The Balaban J connectivity index is 2.09. The number of unbranched alkanes of at least 4 members (excludes halogenated alkanes) is 4. The molecule has 0 bridgehead atoms. The summed E-state index contributed by atoms with van der Waals surface area (Å²) in [6.45, 7) is 0. The van der Waals surface area contributed by atoms with Crippen molar-refractivity contribution in [2.45, 2.75) is 44.9 Å². The minimum atomic E-state index is -0.970. The number of carbonyl (C=O) groups excluding carboxylic acids is 1. The van der Waals surface area contributed by atoms with Gasteiger partial charge in [0.25, 0.3) is 0 Å². The summed E-state index contributed by atoms with van der Waals surface area (Å²) in [7, 11) is 0. The van der Waals surface area contributed by atoms with Crippen LogP contribution >= 0.6 is 11.3 Å². The van der Waals surface area contributed by atoms with Gasteiger partial charge in [0.2, 0.25) is 0 Å². The topological polar surface area (TPSA) is 72.7 Å². The molecule has 0 saturated carbocycles. The standard InChI is InChI=1S/C13H19NO3S/c15-13(16)9-5-3-1-2-4-7-11(14-17)12-8-6-10-18-12/h6,8,10,17H,1-5,7,9H2,(H,15,16)/p-1/b14-11-. The lowest BCUT2D eigenvalue weighted by Crippen LogP contribution is -2.21. The molecule has 1 N–H and O–H groups in total. The molecule has 1 heterocycles. The number of carboxylic acids is 1. The zero-order valence-electron chi connectivity index (χ0n) is 10.3. The average molecular weight is 268 g/mol. The van der Waals surface area contributed by atoms with E-state index in [0.29, 0.717) is 6.42 Å². The van der Waals surface area contributed by atoms with E-state index in [1.165, 1.54) is 0 Å². The van der Waals surface area contributed by atoms with Crippen LogP contribution in [0, 0.1) is 0 Å². The van der Waals surface area contributed by atoms with Gasteiger partial charge in [-0.25, -0.2) is 0 Å². The van der Waals surface area contributed by atoms with Crippen LogP contribution in [-0.2, 0) is 4.79 Å². The first-order chi connectivity index (χ1) is 8.74. The van der Waals surface area contributed by atoms with Gasteiger partial charge >= 0.3 is 0 Å². The van der Waals surface area contributed by atoms with Crippen LogP contribution in [0.15, 0.2) is 22.7 Å². The van der Waals surface area contributed by atoms with Crippen molar-refractivity contribution in [1.29, 1.82) is 0 Å². The Kier molecular flexibility index (Phi) is 7.10. The Morgan fingerprint density at radius 2 is 1.89 bits per heavy atom. The lowest BCUT2D eigenvalue weighted by Gasteiger charge is -2.03. The SMILES string of the molecule is O=C([O-])CCCCCCC/C(=N/O)c1cccs1. The first kappa shape index (κ1) is 14.7. The van der Waals surface area contributed by atoms with Gasteiger partial charge in [-0.05, 0) is 37.1 Å². The van der Waals surface area contributed by atoms with Gasteiger partial charge in [0.05, 0.1) is 10.6 Å². The molecule has 1 rings (SSSR count). The van der Waals surface area contributed by atoms with E-state index in [1.54, 1.807) is 11.3 Å². The van der Waals surface area contributed by atoms with Gasteiger partial charge in [-0.1, -0.05) is 30.5 Å². The number of carbonyl (C=O) groups is 1. The molecule has 5 heteroatoms. The Labute approximate surface area is 111 Å². The lowest BCUT2D eigenvalue weighted by molar-refractivity contribution is -0.305. The predicted octanol–water partition coefficient (Wildman–Crippen LogP) is 2.41. The van der Waals surface area contributed by atoms with Crippen molar-refractivity contribution in [2.75, 3.05) is 0 Å². The molecule has 1 aromatic rings. The molecule has 0 aliphatic rings. The molecule has 0 radical (unpaired) electrons. The third kappa shape index (κ3) is 5.82. The van der Waals surface area contributed by atoms with Crippen molar-refractivity contribution in [1.82, 2.24) is 0 Å². The van der Waals surface area contributed by atoms with Crippen LogP contribution < -0.4 is 5.11 Å². The summed E-state index contributed by atoms with van der Waals surface area (Å²) in [6, 6.07) is 3.88. The van der Waals surface area contributed by atoms with E-state index in [4.69, 9.17) is 5.21 Å². The highest BCUT2D eigenvalue weighted by atomic mass is 32.1. The summed E-state index contributed by atoms with van der Waals surface area (Å²) < 4.78 is 0. The second kappa shape index (κ2) is 8.69. The molecule has 0 saturated heterocycles. The van der Waals surface area contributed by atoms with Crippen molar-refractivity contribution in [3.63, 3.8) is 0 Å². The fraction of sp³-hybridized carbons (Fsp3) is 0.538. The number of aliphatic carboxylic acids is 1. The van der Waals surface area contributed by atoms with E-state index >= 15 is 0 Å². The van der Waals surface area contributed by atoms with Gasteiger partial charge < -0.3 is 15.1 Å². The highest BCUT2D eigenvalue weighted by Crippen LogP contribution is 2.15. The van der Waals surface area contributed by atoms with E-state index in [-0.39, 0.29) is 6.42 Å². The second-order valence-corrected chi connectivity index (χ2v) is 5.11. The molecule has 1 aromatic heterocycles. The summed E-state index contributed by atoms with van der Waals surface area (Å²) in [4.78, 5) is 11.2. The summed E-state index contributed by atoms with van der Waals surface area (Å²) in [5, 5.41) is 24.4. The number of hydrogen-bond acceptors (Lipinski definition) is 5. The van der Waals surface area contributed by atoms with Crippen molar-refractivity contribution in [3.8, 4) is 0 Å². The molecular formula is C13H18NO3S-. The molecular weight excluding hydrogens is 250 g/mol. The molecule has 0 aromatic carbocycles. The maximum Gasteiger partial charge on any atom is 0.0967 e. The Morgan fingerprint density at radius 1 is 1.22 bits per heavy atom. The van der Waals surface area contributed by atoms with Gasteiger partial charge in [0.1, 0.15) is 0 Å². The third-order valence-corrected chi connectivity index (χ3v) is 3.64. The third-order valence-electron chi connectivity index (χ3n) is 2.72. The van der Waals surface area contributed by atoms with Crippen LogP contribution in [0.25, 0.3) is 0 Å². The highest BCUT2D eigenvalue weighted by molar-refractivity contribution is 7.12. The zero-order chi connectivity index (χ0) is 13.2. The van der Waals surface area contributed by atoms with Crippen LogP contribution in [0.4, 0.5) is 0 Å². The van der Waals surface area contributed by atoms with Crippen LogP contribution in [0.1, 0.15) is 49.8 Å². The zero-order valence-corrected chi connectivity index (χ0v) is 11.1. The second-order valence-electron chi connectivity index (χ2n) is 4.16. The normalized spacial score (nSPS) is 11.7. The van der Waals surface area contributed by atoms with Gasteiger partial charge in [-0.3, -0.25) is 0 Å². The maximum absolute atomic E-state index is 10.2. The quantitative estimate of drug-likeness (QED) is 0.323. The Morgan fingerprint density at radius 3 is 2.44 bits per heavy atom. The number of carboxylic acid groups (broad SMARTS) is 1. The molecule has 0 aliphatic heterocycles. The molecule has 0 atom stereocenters. The number of thiophene rings is 1. The molecule has 100 valence electrons. The van der Waals surface area contributed by atoms with Crippen LogP contribution in [-0.4, -0.2) is 16.9 Å². The molecule has 0 amide bonds. The van der Waals surface area contributed by atoms with Crippen molar-refractivity contribution in [2.24, 2.45) is 5.16 Å². The molecule has 0 spiro atoms. The fourth-order valence-electron chi connectivity index (χ4n) is 1.76. The van der Waals surface area contributed by atoms with Gasteiger partial charge in [-0.15, -0.1) is 11.3 Å². The van der Waals surface area contributed by atoms with Crippen LogP contribution in [0.3, 0.4) is 0 Å². The number of rotatable bonds is 9. The van der Waals surface area contributed by atoms with Gasteiger partial charge in [-0.2, -0.15) is 0 Å². The summed E-state index contributed by atoms with van der Waals surface area (Å²) in [5.41, 5.74) is 0.736. The van der Waals surface area contributed by atoms with E-state index in [1.807, 2.05) is 17.5 Å². The summed E-state index contributed by atoms with van der Waals surface area (Å²) in [6.07, 6.45) is 5.51. The van der Waals surface area contributed by atoms with E-state index in [2.05, 4.69) is 5.16 Å². The lowest BCUT2D eigenvalue weighted by atomic mass is 10.1. The highest BCUT2D eigenvalue weighted by Gasteiger charge is 2.04. The first-order valence-electron chi connectivity index (χ1n) is 6.18. The minimum absolute atomic E-state index is 0.151. The Hall–Kier alpha value is -1.36. The first-order valence-corrected chi connectivity index (χ1v) is 7.06. The largest absolute Gasteiger partial charge is 0.550 e. The number of hydrogen-bond donors (Lipinski definition) is 1. The van der Waals surface area contributed by atoms with Crippen LogP contribution in [0.2, 0.25) is 0 Å². The monoisotopic (exact) mass is 268 g/mol. The minimum Gasteiger partial charge on any atom is -0.550 e. The predicted molar refractivity (Wildman–Crippen MR) is 70.0 cm³/mol. The van der Waals surface area contributed by atoms with Gasteiger partial charge in [0.15, 0.2) is 0 Å². The fourth-order valence-corrected chi connectivity index (χ4v) is 2.50. The molecule has 0 fully saturated rings.